The van der Waals surface area contributed by atoms with E-state index in [0.29, 0.717) is 0 Å². The predicted molar refractivity (Wildman–Crippen MR) is 75.6 cm³/mol. The molecule has 1 aromatic carbocycles. The maximum Gasteiger partial charge on any atom is 0.123 e. The van der Waals surface area contributed by atoms with Gasteiger partial charge < -0.3 is 5.32 Å². The Bertz CT molecular complexity index is 566. The van der Waals surface area contributed by atoms with Crippen molar-refractivity contribution in [2.45, 2.75) is 26.3 Å². The zero-order chi connectivity index (χ0) is 13.8. The van der Waals surface area contributed by atoms with Gasteiger partial charge in [-0.1, -0.05) is 12.1 Å². The van der Waals surface area contributed by atoms with Gasteiger partial charge in [0.05, 0.1) is 0 Å². The molecule has 1 atom stereocenters. The van der Waals surface area contributed by atoms with Gasteiger partial charge in [-0.05, 0) is 62.2 Å². The van der Waals surface area contributed by atoms with Gasteiger partial charge in [-0.15, -0.1) is 0 Å². The Kier molecular flexibility index (Phi) is 4.27. The Balaban J connectivity index is 2.27. The minimum atomic E-state index is -0.181. The maximum atomic E-state index is 13.1. The van der Waals surface area contributed by atoms with Crippen molar-refractivity contribution in [2.75, 3.05) is 7.05 Å². The van der Waals surface area contributed by atoms with E-state index in [4.69, 9.17) is 0 Å². The summed E-state index contributed by atoms with van der Waals surface area (Å²) in [6, 6.07) is 9.19. The van der Waals surface area contributed by atoms with Crippen LogP contribution in [-0.4, -0.2) is 12.0 Å². The van der Waals surface area contributed by atoms with Crippen molar-refractivity contribution in [3.63, 3.8) is 0 Å². The summed E-state index contributed by atoms with van der Waals surface area (Å²) in [5.41, 5.74) is 4.36. The predicted octanol–water partition coefficient (Wildman–Crippen LogP) is 3.34. The lowest BCUT2D eigenvalue weighted by atomic mass is 9.95. The summed E-state index contributed by atoms with van der Waals surface area (Å²) in [6.07, 6.45) is 2.63. The molecule has 19 heavy (non-hydrogen) atoms. The largest absolute Gasteiger partial charge is 0.313 e. The van der Waals surface area contributed by atoms with Crippen LogP contribution in [0.2, 0.25) is 0 Å². The van der Waals surface area contributed by atoms with E-state index in [2.05, 4.69) is 16.4 Å². The van der Waals surface area contributed by atoms with E-state index in [-0.39, 0.29) is 11.9 Å². The number of aryl methyl sites for hydroxylation is 2. The van der Waals surface area contributed by atoms with Crippen molar-refractivity contribution in [3.8, 4) is 0 Å². The van der Waals surface area contributed by atoms with Gasteiger partial charge in [0.1, 0.15) is 5.82 Å². The SMILES string of the molecule is CNC(Cc1ccc(F)cc1C)c1cccnc1C. The van der Waals surface area contributed by atoms with Gasteiger partial charge in [-0.2, -0.15) is 0 Å². The monoisotopic (exact) mass is 258 g/mol. The molecule has 1 N–H and O–H groups in total. The first-order chi connectivity index (χ1) is 9.11. The summed E-state index contributed by atoms with van der Waals surface area (Å²) < 4.78 is 13.1. The number of aromatic nitrogens is 1. The molecule has 0 aliphatic heterocycles. The number of likely N-dealkylation sites (N-methyl/N-ethyl adjacent to an activating group) is 1. The maximum absolute atomic E-state index is 13.1. The third-order valence-corrected chi connectivity index (χ3v) is 3.50. The molecule has 1 unspecified atom stereocenters. The minimum absolute atomic E-state index is 0.181. The van der Waals surface area contributed by atoms with E-state index in [0.717, 1.165) is 23.2 Å². The molecule has 0 amide bonds. The average molecular weight is 258 g/mol. The van der Waals surface area contributed by atoms with Crippen molar-refractivity contribution in [1.82, 2.24) is 10.3 Å². The topological polar surface area (TPSA) is 24.9 Å². The lowest BCUT2D eigenvalue weighted by molar-refractivity contribution is 0.581. The zero-order valence-electron chi connectivity index (χ0n) is 11.6. The first-order valence-electron chi connectivity index (χ1n) is 6.45. The average Bonchev–Trinajstić information content (AvgIpc) is 2.39. The van der Waals surface area contributed by atoms with Crippen molar-refractivity contribution < 1.29 is 4.39 Å². The van der Waals surface area contributed by atoms with E-state index < -0.39 is 0 Å². The molecule has 2 nitrogen and oxygen atoms in total. The number of nitrogens with one attached hydrogen (secondary N) is 1. The molecule has 2 aromatic rings. The van der Waals surface area contributed by atoms with Crippen LogP contribution in [-0.2, 0) is 6.42 Å². The molecule has 0 bridgehead atoms. The van der Waals surface area contributed by atoms with Crippen LogP contribution >= 0.6 is 0 Å². The van der Waals surface area contributed by atoms with Crippen molar-refractivity contribution in [1.29, 1.82) is 0 Å². The van der Waals surface area contributed by atoms with Crippen LogP contribution in [0.5, 0.6) is 0 Å². The molecule has 0 aliphatic carbocycles. The summed E-state index contributed by atoms with van der Waals surface area (Å²) in [5.74, 6) is -0.181. The molecule has 0 fully saturated rings. The third-order valence-electron chi connectivity index (χ3n) is 3.50. The van der Waals surface area contributed by atoms with Gasteiger partial charge in [0.15, 0.2) is 0 Å². The first kappa shape index (κ1) is 13.7. The van der Waals surface area contributed by atoms with E-state index in [9.17, 15) is 4.39 Å². The van der Waals surface area contributed by atoms with Crippen molar-refractivity contribution in [2.24, 2.45) is 0 Å². The molecular formula is C16H19FN2. The van der Waals surface area contributed by atoms with Crippen LogP contribution in [0.15, 0.2) is 36.5 Å². The van der Waals surface area contributed by atoms with E-state index >= 15 is 0 Å². The molecular weight excluding hydrogens is 239 g/mol. The fraction of sp³-hybridized carbons (Fsp3) is 0.312. The number of pyridine rings is 1. The molecule has 0 aliphatic rings. The highest BCUT2D eigenvalue weighted by Crippen LogP contribution is 2.22. The normalized spacial score (nSPS) is 12.4. The number of halogens is 1. The first-order valence-corrected chi connectivity index (χ1v) is 6.45. The number of rotatable bonds is 4. The Morgan fingerprint density at radius 3 is 2.68 bits per heavy atom. The zero-order valence-corrected chi connectivity index (χ0v) is 11.6. The fourth-order valence-corrected chi connectivity index (χ4v) is 2.34. The van der Waals surface area contributed by atoms with E-state index in [1.54, 1.807) is 12.3 Å². The lowest BCUT2D eigenvalue weighted by Gasteiger charge is -2.19. The highest BCUT2D eigenvalue weighted by molar-refractivity contribution is 5.30. The summed E-state index contributed by atoms with van der Waals surface area (Å²) in [7, 11) is 1.94. The second kappa shape index (κ2) is 5.93. The number of nitrogens with zero attached hydrogens (tertiary/aromatic N) is 1. The molecule has 100 valence electrons. The molecule has 0 radical (unpaired) electrons. The third kappa shape index (κ3) is 3.18. The lowest BCUT2D eigenvalue weighted by Crippen LogP contribution is -2.20. The number of hydrogen-bond acceptors (Lipinski definition) is 2. The molecule has 1 heterocycles. The molecule has 0 saturated heterocycles. The van der Waals surface area contributed by atoms with Crippen molar-refractivity contribution in [3.05, 3.63) is 64.7 Å². The standard InChI is InChI=1S/C16H19FN2/c1-11-9-14(17)7-6-13(11)10-16(18-3)15-5-4-8-19-12(15)2/h4-9,16,18H,10H2,1-3H3. The summed E-state index contributed by atoms with van der Waals surface area (Å²) in [4.78, 5) is 4.33. The van der Waals surface area contributed by atoms with Crippen LogP contribution in [0.1, 0.15) is 28.4 Å². The highest BCUT2D eigenvalue weighted by atomic mass is 19.1. The quantitative estimate of drug-likeness (QED) is 0.909. The highest BCUT2D eigenvalue weighted by Gasteiger charge is 2.14. The number of hydrogen-bond donors (Lipinski definition) is 1. The Hall–Kier alpha value is -1.74. The van der Waals surface area contributed by atoms with Crippen molar-refractivity contribution >= 4 is 0 Å². The molecule has 2 rings (SSSR count). The second-order valence-electron chi connectivity index (χ2n) is 4.79. The van der Waals surface area contributed by atoms with Crippen LogP contribution in [0.4, 0.5) is 4.39 Å². The van der Waals surface area contributed by atoms with Crippen LogP contribution in [0.3, 0.4) is 0 Å². The molecule has 0 spiro atoms. The molecule has 0 saturated carbocycles. The van der Waals surface area contributed by atoms with Crippen LogP contribution in [0.25, 0.3) is 0 Å². The second-order valence-corrected chi connectivity index (χ2v) is 4.79. The molecule has 1 aromatic heterocycles. The van der Waals surface area contributed by atoms with Gasteiger partial charge in [-0.3, -0.25) is 4.98 Å². The Labute approximate surface area is 113 Å². The Morgan fingerprint density at radius 1 is 1.26 bits per heavy atom. The smallest absolute Gasteiger partial charge is 0.123 e. The van der Waals surface area contributed by atoms with Gasteiger partial charge in [0.25, 0.3) is 0 Å². The summed E-state index contributed by atoms with van der Waals surface area (Å²) in [5, 5.41) is 3.32. The van der Waals surface area contributed by atoms with Crippen LogP contribution in [0, 0.1) is 19.7 Å². The molecule has 3 heteroatoms. The Morgan fingerprint density at radius 2 is 2.05 bits per heavy atom. The van der Waals surface area contributed by atoms with E-state index in [1.807, 2.05) is 33.0 Å². The summed E-state index contributed by atoms with van der Waals surface area (Å²) in [6.45, 7) is 3.96. The van der Waals surface area contributed by atoms with Crippen LogP contribution < -0.4 is 5.32 Å². The van der Waals surface area contributed by atoms with Gasteiger partial charge in [0, 0.05) is 17.9 Å². The van der Waals surface area contributed by atoms with Gasteiger partial charge >= 0.3 is 0 Å². The minimum Gasteiger partial charge on any atom is -0.313 e. The number of benzene rings is 1. The summed E-state index contributed by atoms with van der Waals surface area (Å²) >= 11 is 0. The fourth-order valence-electron chi connectivity index (χ4n) is 2.34. The van der Waals surface area contributed by atoms with Gasteiger partial charge in [-0.25, -0.2) is 4.39 Å². The van der Waals surface area contributed by atoms with Gasteiger partial charge in [0.2, 0.25) is 0 Å². The van der Waals surface area contributed by atoms with E-state index in [1.165, 1.54) is 11.6 Å².